The lowest BCUT2D eigenvalue weighted by molar-refractivity contribution is -0.387. The molecule has 0 aliphatic heterocycles. The maximum absolute atomic E-state index is 11.4. The van der Waals surface area contributed by atoms with Crippen molar-refractivity contribution in [2.24, 2.45) is 0 Å². The van der Waals surface area contributed by atoms with Gasteiger partial charge in [-0.2, -0.15) is 0 Å². The molecule has 0 aromatic heterocycles. The predicted molar refractivity (Wildman–Crippen MR) is 76.7 cm³/mol. The highest BCUT2D eigenvalue weighted by Gasteiger charge is 2.18. The van der Waals surface area contributed by atoms with Gasteiger partial charge in [-0.1, -0.05) is 11.8 Å². The van der Waals surface area contributed by atoms with Crippen LogP contribution < -0.4 is 0 Å². The van der Waals surface area contributed by atoms with Gasteiger partial charge in [0.25, 0.3) is 5.69 Å². The number of carbonyl (C=O) groups excluding carboxylic acids is 1. The summed E-state index contributed by atoms with van der Waals surface area (Å²) in [6.07, 6.45) is 0. The molecule has 0 aliphatic carbocycles. The minimum absolute atomic E-state index is 0.120. The number of nitro groups is 1. The Morgan fingerprint density at radius 1 is 1.24 bits per heavy atom. The Balaban J connectivity index is 2.36. The van der Waals surface area contributed by atoms with Crippen molar-refractivity contribution in [3.63, 3.8) is 0 Å². The van der Waals surface area contributed by atoms with E-state index in [-0.39, 0.29) is 17.0 Å². The van der Waals surface area contributed by atoms with Gasteiger partial charge < -0.3 is 9.84 Å². The fourth-order valence-electron chi connectivity index (χ4n) is 1.63. The van der Waals surface area contributed by atoms with Crippen LogP contribution in [0.2, 0.25) is 0 Å². The predicted octanol–water partition coefficient (Wildman–Crippen LogP) is 3.24. The van der Waals surface area contributed by atoms with Crippen LogP contribution in [-0.4, -0.2) is 23.1 Å². The Kier molecular flexibility index (Phi) is 4.44. The largest absolute Gasteiger partial charge is 0.508 e. The van der Waals surface area contributed by atoms with Crippen LogP contribution in [0.5, 0.6) is 5.75 Å². The molecular formula is C14H11NO5S. The molecule has 7 heteroatoms. The third kappa shape index (κ3) is 3.51. The zero-order valence-electron chi connectivity index (χ0n) is 11.0. The summed E-state index contributed by atoms with van der Waals surface area (Å²) in [5.74, 6) is -0.505. The maximum Gasteiger partial charge on any atom is 0.338 e. The van der Waals surface area contributed by atoms with Gasteiger partial charge in [0, 0.05) is 11.0 Å². The molecule has 0 saturated heterocycles. The number of benzene rings is 2. The lowest BCUT2D eigenvalue weighted by Gasteiger charge is -2.05. The first-order valence-electron chi connectivity index (χ1n) is 5.85. The van der Waals surface area contributed by atoms with Crippen LogP contribution in [0.1, 0.15) is 10.4 Å². The number of nitro benzene ring substituents is 1. The minimum atomic E-state index is -0.626. The molecule has 0 bridgehead atoms. The fourth-order valence-corrected chi connectivity index (χ4v) is 2.53. The van der Waals surface area contributed by atoms with Crippen molar-refractivity contribution >= 4 is 23.4 Å². The number of phenols is 1. The third-order valence-electron chi connectivity index (χ3n) is 2.64. The summed E-state index contributed by atoms with van der Waals surface area (Å²) in [5.41, 5.74) is -0.0461. The molecule has 108 valence electrons. The number of nitrogens with zero attached hydrogens (tertiary/aromatic N) is 1. The molecular weight excluding hydrogens is 294 g/mol. The van der Waals surface area contributed by atoms with E-state index in [1.165, 1.54) is 49.2 Å². The Hall–Kier alpha value is -2.54. The molecule has 6 nitrogen and oxygen atoms in total. The number of hydrogen-bond donors (Lipinski definition) is 1. The van der Waals surface area contributed by atoms with Gasteiger partial charge in [-0.3, -0.25) is 10.1 Å². The van der Waals surface area contributed by atoms with Gasteiger partial charge in [-0.25, -0.2) is 4.79 Å². The van der Waals surface area contributed by atoms with E-state index in [4.69, 9.17) is 0 Å². The van der Waals surface area contributed by atoms with Gasteiger partial charge in [0.05, 0.1) is 22.5 Å². The quantitative estimate of drug-likeness (QED) is 0.530. The smallest absolute Gasteiger partial charge is 0.338 e. The summed E-state index contributed by atoms with van der Waals surface area (Å²) in [5, 5.41) is 20.4. The van der Waals surface area contributed by atoms with Crippen LogP contribution in [0.15, 0.2) is 52.3 Å². The zero-order valence-corrected chi connectivity index (χ0v) is 11.8. The first-order valence-corrected chi connectivity index (χ1v) is 6.66. The highest BCUT2D eigenvalue weighted by molar-refractivity contribution is 7.99. The molecule has 1 N–H and O–H groups in total. The molecule has 2 aromatic carbocycles. The van der Waals surface area contributed by atoms with Crippen LogP contribution in [0.3, 0.4) is 0 Å². The molecule has 0 amide bonds. The van der Waals surface area contributed by atoms with E-state index in [0.717, 1.165) is 4.90 Å². The highest BCUT2D eigenvalue weighted by atomic mass is 32.2. The first-order chi connectivity index (χ1) is 10.0. The number of aromatic hydroxyl groups is 1. The van der Waals surface area contributed by atoms with Crippen LogP contribution >= 0.6 is 11.8 Å². The lowest BCUT2D eigenvalue weighted by Crippen LogP contribution is -2.02. The van der Waals surface area contributed by atoms with Crippen molar-refractivity contribution < 1.29 is 19.6 Å². The molecule has 0 saturated carbocycles. The summed E-state index contributed by atoms with van der Waals surface area (Å²) in [7, 11) is 1.22. The van der Waals surface area contributed by atoms with Gasteiger partial charge in [-0.15, -0.1) is 0 Å². The number of methoxy groups -OCH3 is 1. The number of phenolic OH excluding ortho intramolecular Hbond substituents is 1. The summed E-state index contributed by atoms with van der Waals surface area (Å²) in [6.45, 7) is 0. The summed E-state index contributed by atoms with van der Waals surface area (Å²) in [6, 6.07) is 10.5. The van der Waals surface area contributed by atoms with Gasteiger partial charge in [0.2, 0.25) is 0 Å². The van der Waals surface area contributed by atoms with Crippen LogP contribution in [0, 0.1) is 10.1 Å². The summed E-state index contributed by atoms with van der Waals surface area (Å²) in [4.78, 5) is 23.1. The maximum atomic E-state index is 11.4. The van der Waals surface area contributed by atoms with Gasteiger partial charge >= 0.3 is 5.97 Å². The standard InChI is InChI=1S/C14H11NO5S/c1-20-14(17)9-2-7-13(12(8-9)15(18)19)21-11-5-3-10(16)4-6-11/h2-8,16H,1H3. The van der Waals surface area contributed by atoms with Crippen molar-refractivity contribution in [2.75, 3.05) is 7.11 Å². The van der Waals surface area contributed by atoms with Crippen LogP contribution in [-0.2, 0) is 4.74 Å². The van der Waals surface area contributed by atoms with Crippen molar-refractivity contribution in [1.82, 2.24) is 0 Å². The normalized spacial score (nSPS) is 10.1. The molecule has 0 heterocycles. The van der Waals surface area contributed by atoms with E-state index in [1.807, 2.05) is 0 Å². The molecule has 0 fully saturated rings. The monoisotopic (exact) mass is 305 g/mol. The molecule has 0 aliphatic rings. The SMILES string of the molecule is COC(=O)c1ccc(Sc2ccc(O)cc2)c([N+](=O)[O-])c1. The van der Waals surface area contributed by atoms with E-state index < -0.39 is 10.9 Å². The van der Waals surface area contributed by atoms with Crippen molar-refractivity contribution in [3.05, 3.63) is 58.1 Å². The molecule has 0 unspecified atom stereocenters. The molecule has 2 rings (SSSR count). The van der Waals surface area contributed by atoms with Crippen molar-refractivity contribution in [3.8, 4) is 5.75 Å². The van der Waals surface area contributed by atoms with E-state index >= 15 is 0 Å². The second-order valence-electron chi connectivity index (χ2n) is 4.03. The molecule has 0 radical (unpaired) electrons. The Bertz CT molecular complexity index is 684. The Morgan fingerprint density at radius 2 is 1.90 bits per heavy atom. The Morgan fingerprint density at radius 3 is 2.48 bits per heavy atom. The average molecular weight is 305 g/mol. The number of hydrogen-bond acceptors (Lipinski definition) is 6. The van der Waals surface area contributed by atoms with E-state index in [0.29, 0.717) is 4.90 Å². The second kappa shape index (κ2) is 6.27. The highest BCUT2D eigenvalue weighted by Crippen LogP contribution is 2.35. The molecule has 21 heavy (non-hydrogen) atoms. The van der Waals surface area contributed by atoms with Gasteiger partial charge in [0.15, 0.2) is 0 Å². The number of ether oxygens (including phenoxy) is 1. The van der Waals surface area contributed by atoms with E-state index in [1.54, 1.807) is 12.1 Å². The Labute approximate surface area is 124 Å². The van der Waals surface area contributed by atoms with Crippen LogP contribution in [0.4, 0.5) is 5.69 Å². The molecule has 2 aromatic rings. The fraction of sp³-hybridized carbons (Fsp3) is 0.0714. The minimum Gasteiger partial charge on any atom is -0.508 e. The van der Waals surface area contributed by atoms with Gasteiger partial charge in [-0.05, 0) is 36.4 Å². The topological polar surface area (TPSA) is 89.7 Å². The zero-order chi connectivity index (χ0) is 15.4. The second-order valence-corrected chi connectivity index (χ2v) is 5.14. The van der Waals surface area contributed by atoms with Gasteiger partial charge in [0.1, 0.15) is 5.75 Å². The van der Waals surface area contributed by atoms with Crippen molar-refractivity contribution in [1.29, 1.82) is 0 Å². The average Bonchev–Trinajstić information content (AvgIpc) is 2.49. The third-order valence-corrected chi connectivity index (χ3v) is 3.71. The molecule has 0 spiro atoms. The number of esters is 1. The number of rotatable bonds is 4. The molecule has 0 atom stereocenters. The van der Waals surface area contributed by atoms with Crippen molar-refractivity contribution in [2.45, 2.75) is 9.79 Å². The first kappa shape index (κ1) is 14.9. The van der Waals surface area contributed by atoms with Crippen LogP contribution in [0.25, 0.3) is 0 Å². The number of carbonyl (C=O) groups is 1. The lowest BCUT2D eigenvalue weighted by atomic mass is 10.2. The summed E-state index contributed by atoms with van der Waals surface area (Å²) >= 11 is 1.17. The van der Waals surface area contributed by atoms with E-state index in [2.05, 4.69) is 4.74 Å². The van der Waals surface area contributed by atoms with E-state index in [9.17, 15) is 20.0 Å². The summed E-state index contributed by atoms with van der Waals surface area (Å²) < 4.78 is 4.55.